The summed E-state index contributed by atoms with van der Waals surface area (Å²) in [5.41, 5.74) is 4.80. The maximum Gasteiger partial charge on any atom is 0.355 e. The summed E-state index contributed by atoms with van der Waals surface area (Å²) in [4.78, 5) is 40.3. The van der Waals surface area contributed by atoms with Crippen LogP contribution in [0.25, 0.3) is 43.5 Å². The Bertz CT molecular complexity index is 2520. The number of anilines is 1. The SMILES string of the molecule is CCC1(C)CC2(C)CC(C)(Cn3ncc(-c4ccc(-c5cnc6cccc(C(=O)Nc7nc8ccccc8s7)c6c5)nc4C(=O)O)c3C)CC(OC(C)(C)C)(C1)C2. The lowest BCUT2D eigenvalue weighted by Crippen LogP contribution is -2.59. The van der Waals surface area contributed by atoms with Crippen molar-refractivity contribution in [3.8, 4) is 22.4 Å². The largest absolute Gasteiger partial charge is 0.476 e. The molecule has 2 saturated carbocycles. The Balaban J connectivity index is 1.08. The summed E-state index contributed by atoms with van der Waals surface area (Å²) in [5.74, 6) is -1.44. The summed E-state index contributed by atoms with van der Waals surface area (Å²) in [5, 5.41) is 19.5. The van der Waals surface area contributed by atoms with Crippen LogP contribution >= 0.6 is 11.3 Å². The molecule has 57 heavy (non-hydrogen) atoms. The molecule has 0 radical (unpaired) electrons. The van der Waals surface area contributed by atoms with Crippen LogP contribution in [-0.4, -0.2) is 52.9 Å². The number of carbonyl (C=O) groups excluding carboxylic acids is 1. The lowest BCUT2D eigenvalue weighted by atomic mass is 9.47. The molecule has 2 N–H and O–H groups in total. The number of thiazole rings is 1. The number of aromatic carboxylic acids is 1. The maximum absolute atomic E-state index is 13.6. The van der Waals surface area contributed by atoms with Crippen molar-refractivity contribution in [2.24, 2.45) is 16.2 Å². The van der Waals surface area contributed by atoms with Crippen LogP contribution < -0.4 is 5.32 Å². The number of benzene rings is 2. The summed E-state index contributed by atoms with van der Waals surface area (Å²) >= 11 is 1.41. The molecule has 4 atom stereocenters. The zero-order valence-corrected chi connectivity index (χ0v) is 35.0. The quantitative estimate of drug-likeness (QED) is 0.148. The number of carboxylic acid groups (broad SMARTS) is 1. The van der Waals surface area contributed by atoms with E-state index in [1.807, 2.05) is 55.5 Å². The molecule has 2 aliphatic carbocycles. The van der Waals surface area contributed by atoms with Crippen molar-refractivity contribution in [1.29, 1.82) is 0 Å². The first kappa shape index (κ1) is 38.9. The molecule has 4 unspecified atom stereocenters. The number of fused-ring (bicyclic) bond motifs is 4. The molecule has 2 aliphatic rings. The molecule has 2 fully saturated rings. The van der Waals surface area contributed by atoms with Crippen LogP contribution in [0.3, 0.4) is 0 Å². The van der Waals surface area contributed by atoms with E-state index in [-0.39, 0.29) is 39.0 Å². The van der Waals surface area contributed by atoms with Gasteiger partial charge in [0.25, 0.3) is 5.91 Å². The number of carbonyl (C=O) groups is 2. The van der Waals surface area contributed by atoms with Crippen LogP contribution in [0.1, 0.15) is 114 Å². The minimum atomic E-state index is -1.14. The van der Waals surface area contributed by atoms with Crippen LogP contribution in [0.5, 0.6) is 0 Å². The summed E-state index contributed by atoms with van der Waals surface area (Å²) < 4.78 is 10.1. The van der Waals surface area contributed by atoms with Gasteiger partial charge in [0.05, 0.1) is 38.8 Å². The fourth-order valence-electron chi connectivity index (χ4n) is 10.8. The average molecular weight is 785 g/mol. The molecule has 4 aromatic heterocycles. The number of aromatic nitrogens is 5. The maximum atomic E-state index is 13.6. The van der Waals surface area contributed by atoms with Gasteiger partial charge < -0.3 is 9.84 Å². The van der Waals surface area contributed by atoms with Crippen molar-refractivity contribution in [3.05, 3.63) is 90.0 Å². The van der Waals surface area contributed by atoms with Crippen molar-refractivity contribution >= 4 is 49.5 Å². The molecule has 8 rings (SSSR count). The minimum Gasteiger partial charge on any atom is -0.476 e. The summed E-state index contributed by atoms with van der Waals surface area (Å²) in [6.07, 6.45) is 9.88. The van der Waals surface area contributed by atoms with Crippen molar-refractivity contribution in [2.45, 2.75) is 112 Å². The zero-order valence-electron chi connectivity index (χ0n) is 34.2. The van der Waals surface area contributed by atoms with E-state index in [1.54, 1.807) is 24.5 Å². The Kier molecular flexibility index (Phi) is 9.43. The topological polar surface area (TPSA) is 132 Å². The van der Waals surface area contributed by atoms with Gasteiger partial charge >= 0.3 is 5.97 Å². The molecule has 2 bridgehead atoms. The van der Waals surface area contributed by atoms with Gasteiger partial charge in [0.15, 0.2) is 10.8 Å². The monoisotopic (exact) mass is 784 g/mol. The zero-order chi connectivity index (χ0) is 40.5. The van der Waals surface area contributed by atoms with Crippen LogP contribution in [0.4, 0.5) is 5.13 Å². The van der Waals surface area contributed by atoms with E-state index in [2.05, 4.69) is 73.4 Å². The molecule has 0 spiro atoms. The second-order valence-electron chi connectivity index (χ2n) is 18.8. The van der Waals surface area contributed by atoms with E-state index in [1.165, 1.54) is 17.8 Å². The van der Waals surface area contributed by atoms with Crippen molar-refractivity contribution in [3.63, 3.8) is 0 Å². The Morgan fingerprint density at radius 2 is 1.63 bits per heavy atom. The van der Waals surface area contributed by atoms with Gasteiger partial charge in [-0.3, -0.25) is 19.8 Å². The normalized spacial score (nSPS) is 24.8. The number of hydrogen-bond donors (Lipinski definition) is 2. The molecule has 6 aromatic rings. The number of nitrogens with one attached hydrogen (secondary N) is 1. The van der Waals surface area contributed by atoms with Crippen LogP contribution in [0.2, 0.25) is 0 Å². The Morgan fingerprint density at radius 3 is 2.37 bits per heavy atom. The summed E-state index contributed by atoms with van der Waals surface area (Å²) in [7, 11) is 0. The molecular weight excluding hydrogens is 733 g/mol. The number of nitrogens with zero attached hydrogens (tertiary/aromatic N) is 5. The highest BCUT2D eigenvalue weighted by Gasteiger charge is 2.59. The number of pyridine rings is 2. The number of rotatable bonds is 9. The highest BCUT2D eigenvalue weighted by Crippen LogP contribution is 2.64. The van der Waals surface area contributed by atoms with Crippen LogP contribution in [0, 0.1) is 23.2 Å². The fourth-order valence-corrected chi connectivity index (χ4v) is 11.7. The number of ether oxygens (including phenoxy) is 1. The molecule has 4 heterocycles. The molecule has 296 valence electrons. The van der Waals surface area contributed by atoms with Gasteiger partial charge in [-0.25, -0.2) is 14.8 Å². The van der Waals surface area contributed by atoms with E-state index < -0.39 is 5.97 Å². The highest BCUT2D eigenvalue weighted by molar-refractivity contribution is 7.22. The molecule has 10 nitrogen and oxygen atoms in total. The van der Waals surface area contributed by atoms with E-state index in [0.29, 0.717) is 45.0 Å². The molecule has 0 aliphatic heterocycles. The molecule has 11 heteroatoms. The predicted octanol–water partition coefficient (Wildman–Crippen LogP) is 11.0. The Labute approximate surface area is 338 Å². The van der Waals surface area contributed by atoms with Crippen molar-refractivity contribution < 1.29 is 19.4 Å². The second kappa shape index (κ2) is 13.8. The first-order chi connectivity index (χ1) is 26.9. The standard InChI is InChI=1S/C46H52N6O4S/c1-9-43(6)22-44(7)23-45(8,26-46(24-43,25-44)56-42(3,4)5)27-52-28(2)33(21-48-52)30-17-18-34(49-38(30)40(54)55)29-19-32-31(13-12-15-35(32)47-20-29)39(53)51-41-50-36-14-10-11-16-37(36)57-41/h10-21H,9,22-27H2,1-8H3,(H,54,55)(H,50,51,53). The Hall–Kier alpha value is -5.00. The first-order valence-electron chi connectivity index (χ1n) is 19.9. The van der Waals surface area contributed by atoms with E-state index in [9.17, 15) is 14.7 Å². The average Bonchev–Trinajstić information content (AvgIpc) is 3.70. The molecule has 2 aromatic carbocycles. The fraction of sp³-hybridized carbons (Fsp3) is 0.435. The number of para-hydroxylation sites is 1. The van der Waals surface area contributed by atoms with Gasteiger partial charge in [-0.1, -0.05) is 63.7 Å². The van der Waals surface area contributed by atoms with Crippen LogP contribution in [-0.2, 0) is 11.3 Å². The van der Waals surface area contributed by atoms with Crippen LogP contribution in [0.15, 0.2) is 73.1 Å². The lowest BCUT2D eigenvalue weighted by Gasteiger charge is -2.63. The number of hydrogen-bond acceptors (Lipinski definition) is 8. The lowest BCUT2D eigenvalue weighted by molar-refractivity contribution is -0.234. The third-order valence-electron chi connectivity index (χ3n) is 12.1. The minimum absolute atomic E-state index is 0.0700. The van der Waals surface area contributed by atoms with Crippen molar-refractivity contribution in [2.75, 3.05) is 5.32 Å². The van der Waals surface area contributed by atoms with Gasteiger partial charge in [-0.15, -0.1) is 0 Å². The Morgan fingerprint density at radius 1 is 0.895 bits per heavy atom. The molecule has 1 amide bonds. The highest BCUT2D eigenvalue weighted by atomic mass is 32.1. The van der Waals surface area contributed by atoms with Gasteiger partial charge in [-0.05, 0) is 119 Å². The molecular formula is C46H52N6O4S. The van der Waals surface area contributed by atoms with Crippen molar-refractivity contribution in [1.82, 2.24) is 24.7 Å². The van der Waals surface area contributed by atoms with Gasteiger partial charge in [-0.2, -0.15) is 5.10 Å². The summed E-state index contributed by atoms with van der Waals surface area (Å²) in [6.45, 7) is 18.8. The smallest absolute Gasteiger partial charge is 0.355 e. The van der Waals surface area contributed by atoms with E-state index in [4.69, 9.17) is 9.84 Å². The van der Waals surface area contributed by atoms with Gasteiger partial charge in [0.2, 0.25) is 0 Å². The molecule has 0 saturated heterocycles. The first-order valence-corrected chi connectivity index (χ1v) is 20.7. The van der Waals surface area contributed by atoms with E-state index in [0.717, 1.165) is 53.6 Å². The third kappa shape index (κ3) is 7.59. The third-order valence-corrected chi connectivity index (χ3v) is 13.1. The summed E-state index contributed by atoms with van der Waals surface area (Å²) in [6, 6.07) is 18.6. The predicted molar refractivity (Wildman–Crippen MR) is 227 cm³/mol. The second-order valence-corrected chi connectivity index (χ2v) is 19.8. The van der Waals surface area contributed by atoms with Gasteiger partial charge in [0.1, 0.15) is 0 Å². The van der Waals surface area contributed by atoms with E-state index >= 15 is 0 Å². The van der Waals surface area contributed by atoms with Gasteiger partial charge in [0, 0.05) is 46.1 Å². The number of carboxylic acids is 1. The number of amides is 1.